The van der Waals surface area contributed by atoms with Crippen LogP contribution in [0.2, 0.25) is 0 Å². The van der Waals surface area contributed by atoms with Crippen molar-refractivity contribution in [3.63, 3.8) is 0 Å². The Bertz CT molecular complexity index is 92.1. The highest BCUT2D eigenvalue weighted by Crippen LogP contribution is 1.85. The number of carbonyl (C=O) groups excluding carboxylic acids is 1. The topological polar surface area (TPSA) is 52.3 Å². The third-order valence-electron chi connectivity index (χ3n) is 0.820. The average molecular weight is 161 g/mol. The number of hydrogen-bond donors (Lipinski definition) is 1. The molecule has 3 heteroatoms. The molecule has 0 aliphatic carbocycles. The van der Waals surface area contributed by atoms with Crippen LogP contribution < -0.4 is 5.73 Å². The number of nitrogens with two attached hydrogens (primary N) is 1. The summed E-state index contributed by atoms with van der Waals surface area (Å²) in [5.41, 5.74) is 5.20. The summed E-state index contributed by atoms with van der Waals surface area (Å²) in [5.74, 6) is -0.322. The highest BCUT2D eigenvalue weighted by atomic mass is 16.5. The first-order valence-electron chi connectivity index (χ1n) is 4.10. The minimum atomic E-state index is -0.489. The van der Waals surface area contributed by atoms with Crippen LogP contribution in [-0.4, -0.2) is 18.6 Å². The summed E-state index contributed by atoms with van der Waals surface area (Å²) in [6, 6.07) is -0.489. The lowest BCUT2D eigenvalue weighted by Gasteiger charge is -2.03. The Hall–Kier alpha value is -0.570. The first-order chi connectivity index (χ1) is 5.18. The van der Waals surface area contributed by atoms with Crippen LogP contribution >= 0.6 is 0 Å². The van der Waals surface area contributed by atoms with Crippen molar-refractivity contribution in [3.05, 3.63) is 0 Å². The van der Waals surface area contributed by atoms with E-state index in [1.54, 1.807) is 6.92 Å². The van der Waals surface area contributed by atoms with E-state index in [0.717, 1.165) is 6.42 Å². The molecule has 0 spiro atoms. The molecule has 1 atom stereocenters. The number of rotatable bonds is 3. The van der Waals surface area contributed by atoms with E-state index in [0.29, 0.717) is 6.61 Å². The van der Waals surface area contributed by atoms with Gasteiger partial charge in [-0.3, -0.25) is 4.79 Å². The normalized spacial score (nSPS) is 11.0. The van der Waals surface area contributed by atoms with Gasteiger partial charge in [-0.1, -0.05) is 20.8 Å². The molecule has 0 aliphatic rings. The second-order valence-electron chi connectivity index (χ2n) is 1.96. The number of carbonyl (C=O) groups is 1. The molecule has 11 heavy (non-hydrogen) atoms. The maximum Gasteiger partial charge on any atom is 0.322 e. The zero-order chi connectivity index (χ0) is 9.28. The third kappa shape index (κ3) is 9.43. The lowest BCUT2D eigenvalue weighted by molar-refractivity contribution is -0.144. The summed E-state index contributed by atoms with van der Waals surface area (Å²) >= 11 is 0. The smallest absolute Gasteiger partial charge is 0.322 e. The first kappa shape index (κ1) is 13.1. The Morgan fingerprint density at radius 3 is 2.27 bits per heavy atom. The molecule has 3 nitrogen and oxygen atoms in total. The van der Waals surface area contributed by atoms with Gasteiger partial charge in [0.05, 0.1) is 6.61 Å². The van der Waals surface area contributed by atoms with E-state index in [2.05, 4.69) is 4.74 Å². The summed E-state index contributed by atoms with van der Waals surface area (Å²) < 4.78 is 4.69. The molecule has 0 fully saturated rings. The average Bonchev–Trinajstić information content (AvgIpc) is 2.03. The van der Waals surface area contributed by atoms with Gasteiger partial charge in [0.2, 0.25) is 0 Å². The van der Waals surface area contributed by atoms with E-state index in [1.165, 1.54) is 0 Å². The SMILES string of the molecule is CC.CCCOC(=O)[C@@H](C)N. The quantitative estimate of drug-likeness (QED) is 0.635. The Kier molecular flexibility index (Phi) is 11.2. The summed E-state index contributed by atoms with van der Waals surface area (Å²) in [5, 5.41) is 0. The van der Waals surface area contributed by atoms with Crippen molar-refractivity contribution in [2.75, 3.05) is 6.61 Å². The predicted molar refractivity (Wildman–Crippen MR) is 46.2 cm³/mol. The molecule has 0 amide bonds. The zero-order valence-electron chi connectivity index (χ0n) is 7.89. The van der Waals surface area contributed by atoms with Gasteiger partial charge in [0.25, 0.3) is 0 Å². The molecular formula is C8H19NO2. The lowest BCUT2D eigenvalue weighted by Crippen LogP contribution is -2.28. The molecule has 0 saturated heterocycles. The Morgan fingerprint density at radius 1 is 1.55 bits per heavy atom. The molecule has 0 saturated carbocycles. The monoisotopic (exact) mass is 161 g/mol. The van der Waals surface area contributed by atoms with Gasteiger partial charge in [0.1, 0.15) is 6.04 Å². The first-order valence-corrected chi connectivity index (χ1v) is 4.10. The maximum absolute atomic E-state index is 10.6. The van der Waals surface area contributed by atoms with Crippen LogP contribution in [0.3, 0.4) is 0 Å². The molecule has 0 aromatic carbocycles. The second-order valence-corrected chi connectivity index (χ2v) is 1.96. The van der Waals surface area contributed by atoms with Gasteiger partial charge in [0.15, 0.2) is 0 Å². The van der Waals surface area contributed by atoms with Crippen molar-refractivity contribution in [1.29, 1.82) is 0 Å². The van der Waals surface area contributed by atoms with Crippen LogP contribution in [-0.2, 0) is 9.53 Å². The van der Waals surface area contributed by atoms with Crippen molar-refractivity contribution in [2.45, 2.75) is 40.2 Å². The van der Waals surface area contributed by atoms with Gasteiger partial charge in [-0.15, -0.1) is 0 Å². The fourth-order valence-corrected chi connectivity index (χ4v) is 0.334. The van der Waals surface area contributed by atoms with Crippen LogP contribution in [0.25, 0.3) is 0 Å². The summed E-state index contributed by atoms with van der Waals surface area (Å²) in [6.45, 7) is 8.02. The standard InChI is InChI=1S/C6H13NO2.C2H6/c1-3-4-9-6(8)5(2)7;1-2/h5H,3-4,7H2,1-2H3;1-2H3/t5-;/m1./s1. The van der Waals surface area contributed by atoms with Gasteiger partial charge < -0.3 is 10.5 Å². The molecule has 68 valence electrons. The third-order valence-corrected chi connectivity index (χ3v) is 0.820. The zero-order valence-corrected chi connectivity index (χ0v) is 7.89. The van der Waals surface area contributed by atoms with Crippen LogP contribution in [0.1, 0.15) is 34.1 Å². The van der Waals surface area contributed by atoms with E-state index in [4.69, 9.17) is 5.73 Å². The van der Waals surface area contributed by atoms with Crippen molar-refractivity contribution in [1.82, 2.24) is 0 Å². The highest BCUT2D eigenvalue weighted by molar-refractivity contribution is 5.74. The van der Waals surface area contributed by atoms with Crippen LogP contribution in [0.15, 0.2) is 0 Å². The number of hydrogen-bond acceptors (Lipinski definition) is 3. The largest absolute Gasteiger partial charge is 0.465 e. The molecule has 0 heterocycles. The second kappa shape index (κ2) is 9.43. The minimum Gasteiger partial charge on any atom is -0.465 e. The molecule has 0 aromatic heterocycles. The Balaban J connectivity index is 0. The summed E-state index contributed by atoms with van der Waals surface area (Å²) in [6.07, 6.45) is 0.846. The molecule has 0 unspecified atom stereocenters. The van der Waals surface area contributed by atoms with E-state index >= 15 is 0 Å². The lowest BCUT2D eigenvalue weighted by atomic mass is 10.4. The molecule has 0 radical (unpaired) electrons. The van der Waals surface area contributed by atoms with Crippen LogP contribution in [0, 0.1) is 0 Å². The molecule has 2 N–H and O–H groups in total. The fraction of sp³-hybridized carbons (Fsp3) is 0.875. The predicted octanol–water partition coefficient (Wildman–Crippen LogP) is 1.31. The number of ether oxygens (including phenoxy) is 1. The van der Waals surface area contributed by atoms with Crippen molar-refractivity contribution < 1.29 is 9.53 Å². The van der Waals surface area contributed by atoms with Gasteiger partial charge in [-0.2, -0.15) is 0 Å². The molecule has 0 rings (SSSR count). The molecule has 0 bridgehead atoms. The minimum absolute atomic E-state index is 0.322. The maximum atomic E-state index is 10.6. The molecule has 0 aliphatic heterocycles. The summed E-state index contributed by atoms with van der Waals surface area (Å²) in [7, 11) is 0. The van der Waals surface area contributed by atoms with Crippen LogP contribution in [0.5, 0.6) is 0 Å². The van der Waals surface area contributed by atoms with E-state index in [-0.39, 0.29) is 5.97 Å². The van der Waals surface area contributed by atoms with Gasteiger partial charge in [-0.25, -0.2) is 0 Å². The van der Waals surface area contributed by atoms with Gasteiger partial charge in [0, 0.05) is 0 Å². The van der Waals surface area contributed by atoms with Gasteiger partial charge >= 0.3 is 5.97 Å². The van der Waals surface area contributed by atoms with Gasteiger partial charge in [-0.05, 0) is 13.3 Å². The Labute approximate surface area is 68.9 Å². The van der Waals surface area contributed by atoms with Crippen LogP contribution in [0.4, 0.5) is 0 Å². The Morgan fingerprint density at radius 2 is 2.00 bits per heavy atom. The van der Waals surface area contributed by atoms with Crippen molar-refractivity contribution >= 4 is 5.97 Å². The molecular weight excluding hydrogens is 142 g/mol. The summed E-state index contributed by atoms with van der Waals surface area (Å²) in [4.78, 5) is 10.6. The van der Waals surface area contributed by atoms with E-state index in [1.807, 2.05) is 20.8 Å². The van der Waals surface area contributed by atoms with E-state index < -0.39 is 6.04 Å². The highest BCUT2D eigenvalue weighted by Gasteiger charge is 2.06. The van der Waals surface area contributed by atoms with Crippen molar-refractivity contribution in [3.8, 4) is 0 Å². The fourth-order valence-electron chi connectivity index (χ4n) is 0.334. The number of esters is 1. The van der Waals surface area contributed by atoms with E-state index in [9.17, 15) is 4.79 Å². The molecule has 0 aromatic rings. The van der Waals surface area contributed by atoms with Crippen molar-refractivity contribution in [2.24, 2.45) is 5.73 Å².